The number of anilines is 1. The van der Waals surface area contributed by atoms with Crippen LogP contribution in [0.15, 0.2) is 54.6 Å². The van der Waals surface area contributed by atoms with Crippen LogP contribution in [-0.4, -0.2) is 44.1 Å². The van der Waals surface area contributed by atoms with Gasteiger partial charge in [0.1, 0.15) is 5.75 Å². The van der Waals surface area contributed by atoms with Crippen molar-refractivity contribution in [1.82, 2.24) is 4.90 Å². The van der Waals surface area contributed by atoms with Crippen LogP contribution in [0.5, 0.6) is 5.75 Å². The molecule has 0 radical (unpaired) electrons. The van der Waals surface area contributed by atoms with Crippen LogP contribution in [0.25, 0.3) is 0 Å². The number of benzene rings is 2. The van der Waals surface area contributed by atoms with Gasteiger partial charge >= 0.3 is 0 Å². The Balaban J connectivity index is 1.41. The van der Waals surface area contributed by atoms with Crippen LogP contribution in [0.2, 0.25) is 0 Å². The zero-order valence-corrected chi connectivity index (χ0v) is 14.6. The van der Waals surface area contributed by atoms with Crippen LogP contribution in [0, 0.1) is 0 Å². The van der Waals surface area contributed by atoms with E-state index in [4.69, 9.17) is 4.74 Å². The summed E-state index contributed by atoms with van der Waals surface area (Å²) in [5.41, 5.74) is 2.12. The van der Waals surface area contributed by atoms with Crippen molar-refractivity contribution in [3.05, 3.63) is 60.2 Å². The van der Waals surface area contributed by atoms with Crippen molar-refractivity contribution in [1.29, 1.82) is 0 Å². The van der Waals surface area contributed by atoms with Gasteiger partial charge < -0.3 is 14.5 Å². The molecule has 4 rings (SSSR count). The molecule has 1 aliphatic heterocycles. The Morgan fingerprint density at radius 2 is 1.56 bits per heavy atom. The number of rotatable bonds is 4. The van der Waals surface area contributed by atoms with Gasteiger partial charge in [-0.05, 0) is 42.7 Å². The van der Waals surface area contributed by atoms with E-state index in [2.05, 4.69) is 34.1 Å². The van der Waals surface area contributed by atoms with Crippen molar-refractivity contribution < 1.29 is 9.53 Å². The van der Waals surface area contributed by atoms with E-state index in [1.54, 1.807) is 7.11 Å². The predicted octanol–water partition coefficient (Wildman–Crippen LogP) is 3.08. The van der Waals surface area contributed by atoms with Gasteiger partial charge in [-0.15, -0.1) is 0 Å². The molecular weight excluding hydrogens is 312 g/mol. The summed E-state index contributed by atoms with van der Waals surface area (Å²) < 4.78 is 5.22. The first kappa shape index (κ1) is 16.0. The molecule has 4 nitrogen and oxygen atoms in total. The molecule has 2 aliphatic rings. The molecular formula is C21H24N2O2. The monoisotopic (exact) mass is 336 g/mol. The second-order valence-corrected chi connectivity index (χ2v) is 6.93. The number of ether oxygens (including phenoxy) is 1. The summed E-state index contributed by atoms with van der Waals surface area (Å²) in [5.74, 6) is 1.18. The quantitative estimate of drug-likeness (QED) is 0.860. The summed E-state index contributed by atoms with van der Waals surface area (Å²) >= 11 is 0. The molecule has 0 spiro atoms. The van der Waals surface area contributed by atoms with Crippen LogP contribution in [0.3, 0.4) is 0 Å². The average molecular weight is 336 g/mol. The van der Waals surface area contributed by atoms with Gasteiger partial charge in [-0.3, -0.25) is 4.79 Å². The highest BCUT2D eigenvalue weighted by Crippen LogP contribution is 2.49. The molecule has 0 bridgehead atoms. The molecule has 25 heavy (non-hydrogen) atoms. The van der Waals surface area contributed by atoms with E-state index >= 15 is 0 Å². The number of carbonyl (C=O) groups excluding carboxylic acids is 1. The molecule has 1 saturated heterocycles. The maximum Gasteiger partial charge on any atom is 0.233 e. The lowest BCUT2D eigenvalue weighted by Crippen LogP contribution is -2.51. The molecule has 2 fully saturated rings. The summed E-state index contributed by atoms with van der Waals surface area (Å²) in [7, 11) is 1.68. The minimum Gasteiger partial charge on any atom is -0.497 e. The summed E-state index contributed by atoms with van der Waals surface area (Å²) in [6.07, 6.45) is 1.96. The smallest absolute Gasteiger partial charge is 0.233 e. The zero-order valence-electron chi connectivity index (χ0n) is 14.6. The van der Waals surface area contributed by atoms with Crippen molar-refractivity contribution in [3.8, 4) is 5.75 Å². The van der Waals surface area contributed by atoms with Gasteiger partial charge in [0.2, 0.25) is 5.91 Å². The first-order valence-corrected chi connectivity index (χ1v) is 8.97. The molecule has 0 aromatic heterocycles. The van der Waals surface area contributed by atoms with Crippen LogP contribution in [0.4, 0.5) is 5.69 Å². The average Bonchev–Trinajstić information content (AvgIpc) is 3.50. The fourth-order valence-electron chi connectivity index (χ4n) is 3.77. The Morgan fingerprint density at radius 1 is 0.920 bits per heavy atom. The summed E-state index contributed by atoms with van der Waals surface area (Å²) in [6, 6.07) is 18.4. The Kier molecular flexibility index (Phi) is 4.12. The SMILES string of the molecule is COc1ccc(N2CCN(C(=O)C3(c4ccccc4)CC3)CC2)cc1. The van der Waals surface area contributed by atoms with Crippen molar-refractivity contribution in [2.75, 3.05) is 38.2 Å². The number of carbonyl (C=O) groups is 1. The first-order chi connectivity index (χ1) is 12.2. The molecule has 1 aliphatic carbocycles. The Bertz CT molecular complexity index is 730. The number of methoxy groups -OCH3 is 1. The fraction of sp³-hybridized carbons (Fsp3) is 0.381. The Morgan fingerprint density at radius 3 is 2.12 bits per heavy atom. The lowest BCUT2D eigenvalue weighted by Gasteiger charge is -2.38. The van der Waals surface area contributed by atoms with Gasteiger partial charge in [-0.1, -0.05) is 30.3 Å². The molecule has 1 amide bonds. The van der Waals surface area contributed by atoms with Gasteiger partial charge in [-0.2, -0.15) is 0 Å². The Hall–Kier alpha value is -2.49. The molecule has 0 unspecified atom stereocenters. The number of hydrogen-bond donors (Lipinski definition) is 0. The van der Waals surface area contributed by atoms with Crippen LogP contribution in [0.1, 0.15) is 18.4 Å². The van der Waals surface area contributed by atoms with Crippen molar-refractivity contribution in [2.45, 2.75) is 18.3 Å². The number of piperazine rings is 1. The maximum absolute atomic E-state index is 13.1. The van der Waals surface area contributed by atoms with Gasteiger partial charge in [0.25, 0.3) is 0 Å². The molecule has 0 atom stereocenters. The minimum absolute atomic E-state index is 0.246. The first-order valence-electron chi connectivity index (χ1n) is 8.97. The van der Waals surface area contributed by atoms with Gasteiger partial charge in [0.15, 0.2) is 0 Å². The standard InChI is InChI=1S/C21H24N2O2/c1-25-19-9-7-18(8-10-19)22-13-15-23(16-14-22)20(24)21(11-12-21)17-5-3-2-4-6-17/h2-10H,11-16H2,1H3. The topological polar surface area (TPSA) is 32.8 Å². The van der Waals surface area contributed by atoms with Crippen molar-refractivity contribution >= 4 is 11.6 Å². The summed E-state index contributed by atoms with van der Waals surface area (Å²) in [6.45, 7) is 3.34. The highest BCUT2D eigenvalue weighted by atomic mass is 16.5. The second kappa shape index (κ2) is 6.43. The number of nitrogens with zero attached hydrogens (tertiary/aromatic N) is 2. The third-order valence-electron chi connectivity index (χ3n) is 5.49. The van der Waals surface area contributed by atoms with E-state index in [-0.39, 0.29) is 5.41 Å². The normalized spacial score (nSPS) is 18.8. The minimum atomic E-state index is -0.246. The predicted molar refractivity (Wildman–Crippen MR) is 99.1 cm³/mol. The van der Waals surface area contributed by atoms with Crippen molar-refractivity contribution in [3.63, 3.8) is 0 Å². The lowest BCUT2D eigenvalue weighted by atomic mass is 9.94. The lowest BCUT2D eigenvalue weighted by molar-refractivity contribution is -0.134. The summed E-state index contributed by atoms with van der Waals surface area (Å²) in [4.78, 5) is 17.5. The Labute approximate surface area is 149 Å². The molecule has 2 aromatic rings. The molecule has 4 heteroatoms. The van der Waals surface area contributed by atoms with E-state index < -0.39 is 0 Å². The van der Waals surface area contributed by atoms with E-state index in [1.165, 1.54) is 11.3 Å². The zero-order chi connectivity index (χ0) is 17.3. The molecule has 0 N–H and O–H groups in total. The highest BCUT2D eigenvalue weighted by Gasteiger charge is 2.53. The van der Waals surface area contributed by atoms with Gasteiger partial charge in [0, 0.05) is 31.9 Å². The summed E-state index contributed by atoms with van der Waals surface area (Å²) in [5, 5.41) is 0. The van der Waals surface area contributed by atoms with Crippen LogP contribution >= 0.6 is 0 Å². The molecule has 1 heterocycles. The third kappa shape index (κ3) is 2.97. The molecule has 130 valence electrons. The maximum atomic E-state index is 13.1. The molecule has 1 saturated carbocycles. The van der Waals surface area contributed by atoms with E-state index in [0.29, 0.717) is 5.91 Å². The largest absolute Gasteiger partial charge is 0.497 e. The third-order valence-corrected chi connectivity index (χ3v) is 5.49. The number of hydrogen-bond acceptors (Lipinski definition) is 3. The van der Waals surface area contributed by atoms with Crippen LogP contribution in [-0.2, 0) is 10.2 Å². The van der Waals surface area contributed by atoms with E-state index in [0.717, 1.165) is 44.8 Å². The highest BCUT2D eigenvalue weighted by molar-refractivity contribution is 5.91. The number of amides is 1. The van der Waals surface area contributed by atoms with Gasteiger partial charge in [0.05, 0.1) is 12.5 Å². The van der Waals surface area contributed by atoms with Crippen molar-refractivity contribution in [2.24, 2.45) is 0 Å². The van der Waals surface area contributed by atoms with Crippen LogP contribution < -0.4 is 9.64 Å². The van der Waals surface area contributed by atoms with E-state index in [1.807, 2.05) is 30.3 Å². The van der Waals surface area contributed by atoms with E-state index in [9.17, 15) is 4.79 Å². The molecule has 2 aromatic carbocycles. The van der Waals surface area contributed by atoms with Gasteiger partial charge in [-0.25, -0.2) is 0 Å². The second-order valence-electron chi connectivity index (χ2n) is 6.93. The fourth-order valence-corrected chi connectivity index (χ4v) is 3.77.